The molecule has 34 heavy (non-hydrogen) atoms. The number of hydrogen-bond acceptors (Lipinski definition) is 5. The zero-order chi connectivity index (χ0) is 23.8. The number of rotatable bonds is 5. The maximum absolute atomic E-state index is 14.2. The number of aliphatic hydroxyl groups is 1. The maximum atomic E-state index is 14.2. The Hall–Kier alpha value is -3.43. The number of aromatic nitrogens is 3. The highest BCUT2D eigenvalue weighted by atomic mass is 32.2. The van der Waals surface area contributed by atoms with Crippen molar-refractivity contribution in [2.75, 3.05) is 19.4 Å². The zero-order valence-corrected chi connectivity index (χ0v) is 19.3. The monoisotopic (exact) mass is 478 g/mol. The fourth-order valence-electron chi connectivity index (χ4n) is 4.46. The van der Waals surface area contributed by atoms with E-state index >= 15 is 0 Å². The molecule has 4 aromatic rings. The highest BCUT2D eigenvalue weighted by molar-refractivity contribution is 7.84. The van der Waals surface area contributed by atoms with Crippen LogP contribution in [0.1, 0.15) is 23.2 Å². The lowest BCUT2D eigenvalue weighted by molar-refractivity contribution is 0.0677. The number of likely N-dealkylation sites (tertiary alicyclic amines) is 1. The Morgan fingerprint density at radius 2 is 1.97 bits per heavy atom. The Bertz CT molecular complexity index is 1400. The van der Waals surface area contributed by atoms with Gasteiger partial charge in [-0.05, 0) is 31.0 Å². The van der Waals surface area contributed by atoms with Crippen LogP contribution in [-0.4, -0.2) is 60.1 Å². The number of amides is 1. The van der Waals surface area contributed by atoms with Crippen LogP contribution in [0.15, 0.2) is 66.0 Å². The number of carbonyl (C=O) groups is 1. The minimum absolute atomic E-state index is 0.0640. The Balaban J connectivity index is 1.58. The van der Waals surface area contributed by atoms with Crippen molar-refractivity contribution in [2.24, 2.45) is 0 Å². The molecule has 3 heterocycles. The van der Waals surface area contributed by atoms with E-state index in [2.05, 4.69) is 9.97 Å². The fourth-order valence-corrected chi connectivity index (χ4v) is 5.20. The van der Waals surface area contributed by atoms with Gasteiger partial charge in [0.1, 0.15) is 5.82 Å². The summed E-state index contributed by atoms with van der Waals surface area (Å²) in [6, 6.07) is 11.5. The predicted molar refractivity (Wildman–Crippen MR) is 128 cm³/mol. The van der Waals surface area contributed by atoms with Crippen molar-refractivity contribution in [3.63, 3.8) is 0 Å². The standard InChI is InChI=1S/C25H23FN4O3S/c1-34(33)23-14-30(25-27-12-17(13-28-25)19-6-2-3-7-21(19)26)22-11-16(8-9-20(22)23)24(32)29-10-4-5-18(29)15-31/h2-3,6-9,11-14,18,31H,4-5,10,15H2,1H3/t18-,34?/m0/s1. The van der Waals surface area contributed by atoms with Crippen LogP contribution in [0, 0.1) is 5.82 Å². The molecule has 0 saturated carbocycles. The highest BCUT2D eigenvalue weighted by Gasteiger charge is 2.29. The average molecular weight is 479 g/mol. The van der Waals surface area contributed by atoms with Gasteiger partial charge in [-0.2, -0.15) is 0 Å². The number of benzene rings is 2. The van der Waals surface area contributed by atoms with Crippen LogP contribution in [-0.2, 0) is 10.8 Å². The first kappa shape index (κ1) is 22.4. The molecule has 1 unspecified atom stereocenters. The molecule has 1 amide bonds. The lowest BCUT2D eigenvalue weighted by atomic mass is 10.1. The van der Waals surface area contributed by atoms with Crippen molar-refractivity contribution in [3.8, 4) is 17.1 Å². The third-order valence-electron chi connectivity index (χ3n) is 6.21. The van der Waals surface area contributed by atoms with E-state index in [-0.39, 0.29) is 24.4 Å². The quantitative estimate of drug-likeness (QED) is 0.474. The molecule has 0 aliphatic carbocycles. The average Bonchev–Trinajstić information content (AvgIpc) is 3.48. The summed E-state index contributed by atoms with van der Waals surface area (Å²) in [6.07, 6.45) is 8.02. The first-order chi connectivity index (χ1) is 16.5. The SMILES string of the molecule is CS(=O)c1cn(-c2ncc(-c3ccccc3F)cn2)c2cc(C(=O)N3CCC[C@H]3CO)ccc12. The number of fused-ring (bicyclic) bond motifs is 1. The van der Waals surface area contributed by atoms with Gasteiger partial charge in [-0.1, -0.05) is 24.3 Å². The van der Waals surface area contributed by atoms with Gasteiger partial charge in [-0.15, -0.1) is 0 Å². The smallest absolute Gasteiger partial charge is 0.254 e. The molecule has 5 rings (SSSR count). The van der Waals surface area contributed by atoms with E-state index in [1.165, 1.54) is 6.07 Å². The molecule has 7 nitrogen and oxygen atoms in total. The van der Waals surface area contributed by atoms with Crippen LogP contribution in [0.4, 0.5) is 4.39 Å². The third kappa shape index (κ3) is 3.91. The maximum Gasteiger partial charge on any atom is 0.254 e. The summed E-state index contributed by atoms with van der Waals surface area (Å²) in [4.78, 5) is 24.3. The highest BCUT2D eigenvalue weighted by Crippen LogP contribution is 2.29. The molecule has 2 aromatic carbocycles. The fraction of sp³-hybridized carbons (Fsp3) is 0.240. The molecule has 0 spiro atoms. The lowest BCUT2D eigenvalue weighted by Gasteiger charge is -2.23. The van der Waals surface area contributed by atoms with Gasteiger partial charge in [0, 0.05) is 53.5 Å². The van der Waals surface area contributed by atoms with E-state index in [4.69, 9.17) is 0 Å². The van der Waals surface area contributed by atoms with Crippen LogP contribution < -0.4 is 0 Å². The molecule has 0 bridgehead atoms. The van der Waals surface area contributed by atoms with E-state index in [1.807, 2.05) is 0 Å². The first-order valence-electron chi connectivity index (χ1n) is 11.0. The summed E-state index contributed by atoms with van der Waals surface area (Å²) in [5.74, 6) is -0.192. The Labute approximate surface area is 198 Å². The minimum Gasteiger partial charge on any atom is -0.394 e. The molecule has 1 fully saturated rings. The summed E-state index contributed by atoms with van der Waals surface area (Å²) in [5, 5.41) is 10.3. The van der Waals surface area contributed by atoms with Gasteiger partial charge >= 0.3 is 0 Å². The Morgan fingerprint density at radius 3 is 2.68 bits per heavy atom. The molecule has 2 aromatic heterocycles. The van der Waals surface area contributed by atoms with Crippen molar-refractivity contribution >= 4 is 27.6 Å². The number of carbonyl (C=O) groups excluding carboxylic acids is 1. The topological polar surface area (TPSA) is 88.3 Å². The second-order valence-corrected chi connectivity index (χ2v) is 9.63. The molecule has 1 N–H and O–H groups in total. The van der Waals surface area contributed by atoms with Gasteiger partial charge in [0.05, 0.1) is 33.9 Å². The van der Waals surface area contributed by atoms with Crippen molar-refractivity contribution in [1.29, 1.82) is 0 Å². The van der Waals surface area contributed by atoms with E-state index in [0.29, 0.717) is 39.6 Å². The molecule has 2 atom stereocenters. The summed E-state index contributed by atoms with van der Waals surface area (Å²) >= 11 is 0. The van der Waals surface area contributed by atoms with Crippen LogP contribution in [0.3, 0.4) is 0 Å². The zero-order valence-electron chi connectivity index (χ0n) is 18.5. The number of nitrogens with zero attached hydrogens (tertiary/aromatic N) is 4. The van der Waals surface area contributed by atoms with Gasteiger partial charge in [-0.25, -0.2) is 14.4 Å². The molecule has 1 aliphatic heterocycles. The van der Waals surface area contributed by atoms with Crippen LogP contribution in [0.25, 0.3) is 28.0 Å². The van der Waals surface area contributed by atoms with E-state index in [1.54, 1.807) is 70.7 Å². The van der Waals surface area contributed by atoms with Gasteiger partial charge in [-0.3, -0.25) is 13.6 Å². The Kier molecular flexibility index (Phi) is 5.97. The molecular formula is C25H23FN4O3S. The predicted octanol–water partition coefficient (Wildman–Crippen LogP) is 3.56. The van der Waals surface area contributed by atoms with Gasteiger partial charge < -0.3 is 10.0 Å². The number of aliphatic hydroxyl groups excluding tert-OH is 1. The summed E-state index contributed by atoms with van der Waals surface area (Å²) in [6.45, 7) is 0.541. The summed E-state index contributed by atoms with van der Waals surface area (Å²) in [7, 11) is -1.27. The molecule has 9 heteroatoms. The number of hydrogen-bond donors (Lipinski definition) is 1. The largest absolute Gasteiger partial charge is 0.394 e. The van der Waals surface area contributed by atoms with Crippen molar-refractivity contribution < 1.29 is 18.5 Å². The van der Waals surface area contributed by atoms with Crippen molar-refractivity contribution in [1.82, 2.24) is 19.4 Å². The summed E-state index contributed by atoms with van der Waals surface area (Å²) < 4.78 is 28.3. The second-order valence-electron chi connectivity index (χ2n) is 8.28. The van der Waals surface area contributed by atoms with E-state index in [9.17, 15) is 18.5 Å². The third-order valence-corrected chi connectivity index (χ3v) is 7.16. The molecular weight excluding hydrogens is 455 g/mol. The summed E-state index contributed by atoms with van der Waals surface area (Å²) in [5.41, 5.74) is 2.06. The first-order valence-corrected chi connectivity index (χ1v) is 12.5. The molecule has 1 saturated heterocycles. The van der Waals surface area contributed by atoms with E-state index in [0.717, 1.165) is 18.2 Å². The normalized spacial score (nSPS) is 16.8. The lowest BCUT2D eigenvalue weighted by Crippen LogP contribution is -2.37. The van der Waals surface area contributed by atoms with Crippen LogP contribution >= 0.6 is 0 Å². The van der Waals surface area contributed by atoms with Crippen molar-refractivity contribution in [3.05, 3.63) is 72.4 Å². The second kappa shape index (κ2) is 9.08. The van der Waals surface area contributed by atoms with Crippen molar-refractivity contribution in [2.45, 2.75) is 23.8 Å². The minimum atomic E-state index is -1.27. The van der Waals surface area contributed by atoms with E-state index < -0.39 is 10.8 Å². The van der Waals surface area contributed by atoms with Crippen LogP contribution in [0.5, 0.6) is 0 Å². The van der Waals surface area contributed by atoms with Gasteiger partial charge in [0.15, 0.2) is 0 Å². The Morgan fingerprint density at radius 1 is 1.21 bits per heavy atom. The molecule has 1 aliphatic rings. The van der Waals surface area contributed by atoms with Gasteiger partial charge in [0.2, 0.25) is 5.95 Å². The van der Waals surface area contributed by atoms with Gasteiger partial charge in [0.25, 0.3) is 5.91 Å². The molecule has 0 radical (unpaired) electrons. The number of halogens is 1. The molecule has 174 valence electrons. The van der Waals surface area contributed by atoms with Crippen LogP contribution in [0.2, 0.25) is 0 Å².